The molecule has 1 atom stereocenters. The number of hydrogen-bond donors (Lipinski definition) is 1. The van der Waals surface area contributed by atoms with Crippen LogP contribution in [0.15, 0.2) is 48.5 Å². The molecule has 4 nitrogen and oxygen atoms in total. The van der Waals surface area contributed by atoms with Crippen molar-refractivity contribution < 1.29 is 14.3 Å². The minimum absolute atomic E-state index is 0.341. The van der Waals surface area contributed by atoms with Gasteiger partial charge in [-0.25, -0.2) is 4.79 Å². The average Bonchev–Trinajstić information content (AvgIpc) is 2.68. The molecule has 0 radical (unpaired) electrons. The maximum Gasteiger partial charge on any atom is 0.331 e. The van der Waals surface area contributed by atoms with E-state index in [0.29, 0.717) is 5.92 Å². The summed E-state index contributed by atoms with van der Waals surface area (Å²) < 4.78 is 5.24. The van der Waals surface area contributed by atoms with Crippen LogP contribution >= 0.6 is 0 Å². The Kier molecular flexibility index (Phi) is 7.56. The van der Waals surface area contributed by atoms with Gasteiger partial charge in [-0.3, -0.25) is 4.79 Å². The lowest BCUT2D eigenvalue weighted by atomic mass is 10.0. The number of benzene rings is 2. The maximum absolute atomic E-state index is 12.4. The standard InChI is InChI=1S/C24H29NO3/c1-6-20-9-7-8-17(4)23(20)25-24(27)18(5)28-22(26)15-12-19-10-13-21(14-11-19)16(2)3/h7-16,18H,6H2,1-5H3,(H,25,27)/b15-12+/t18-/m0/s1. The largest absolute Gasteiger partial charge is 0.449 e. The third-order valence-electron chi connectivity index (χ3n) is 4.67. The molecule has 4 heteroatoms. The number of rotatable bonds is 7. The molecule has 2 rings (SSSR count). The van der Waals surface area contributed by atoms with E-state index in [4.69, 9.17) is 4.74 Å². The molecule has 0 aliphatic rings. The molecule has 2 aromatic rings. The van der Waals surface area contributed by atoms with Crippen LogP contribution in [0.4, 0.5) is 5.69 Å². The van der Waals surface area contributed by atoms with E-state index in [1.165, 1.54) is 11.6 Å². The van der Waals surface area contributed by atoms with Crippen molar-refractivity contribution in [3.63, 3.8) is 0 Å². The van der Waals surface area contributed by atoms with Crippen LogP contribution in [0.5, 0.6) is 0 Å². The van der Waals surface area contributed by atoms with E-state index in [-0.39, 0.29) is 5.91 Å². The Morgan fingerprint density at radius 2 is 1.75 bits per heavy atom. The van der Waals surface area contributed by atoms with E-state index in [2.05, 4.69) is 19.2 Å². The van der Waals surface area contributed by atoms with Gasteiger partial charge in [0.15, 0.2) is 6.10 Å². The molecule has 0 saturated carbocycles. The van der Waals surface area contributed by atoms with Crippen molar-refractivity contribution in [1.29, 1.82) is 0 Å². The van der Waals surface area contributed by atoms with Crippen LogP contribution in [0.1, 0.15) is 55.9 Å². The summed E-state index contributed by atoms with van der Waals surface area (Å²) in [7, 11) is 0. The molecule has 0 heterocycles. The van der Waals surface area contributed by atoms with Gasteiger partial charge in [0.05, 0.1) is 0 Å². The smallest absolute Gasteiger partial charge is 0.331 e. The van der Waals surface area contributed by atoms with Gasteiger partial charge < -0.3 is 10.1 Å². The highest BCUT2D eigenvalue weighted by Crippen LogP contribution is 2.21. The summed E-state index contributed by atoms with van der Waals surface area (Å²) in [5.41, 5.74) is 4.98. The molecule has 148 valence electrons. The van der Waals surface area contributed by atoms with E-state index >= 15 is 0 Å². The van der Waals surface area contributed by atoms with E-state index in [0.717, 1.165) is 28.8 Å². The van der Waals surface area contributed by atoms with Gasteiger partial charge in [-0.2, -0.15) is 0 Å². The van der Waals surface area contributed by atoms with Crippen LogP contribution in [0.2, 0.25) is 0 Å². The zero-order valence-corrected chi connectivity index (χ0v) is 17.3. The molecule has 28 heavy (non-hydrogen) atoms. The molecule has 0 aromatic heterocycles. The third-order valence-corrected chi connectivity index (χ3v) is 4.67. The fourth-order valence-corrected chi connectivity index (χ4v) is 2.85. The number of esters is 1. The maximum atomic E-state index is 12.4. The first kappa shape index (κ1) is 21.4. The minimum atomic E-state index is -0.884. The second-order valence-corrected chi connectivity index (χ2v) is 7.19. The number of para-hydroxylation sites is 1. The summed E-state index contributed by atoms with van der Waals surface area (Å²) in [6.45, 7) is 9.82. The predicted octanol–water partition coefficient (Wildman–Crippen LogP) is 5.26. The molecule has 1 amide bonds. The summed E-state index contributed by atoms with van der Waals surface area (Å²) in [6, 6.07) is 13.9. The third kappa shape index (κ3) is 5.81. The average molecular weight is 380 g/mol. The number of nitrogens with one attached hydrogen (secondary N) is 1. The van der Waals surface area contributed by atoms with Gasteiger partial charge in [-0.05, 0) is 54.5 Å². The van der Waals surface area contributed by atoms with Gasteiger partial charge in [0.2, 0.25) is 0 Å². The Balaban J connectivity index is 1.95. The summed E-state index contributed by atoms with van der Waals surface area (Å²) in [6.07, 6.45) is 2.96. The van der Waals surface area contributed by atoms with E-state index in [1.54, 1.807) is 13.0 Å². The highest BCUT2D eigenvalue weighted by Gasteiger charge is 2.18. The number of amides is 1. The second kappa shape index (κ2) is 9.88. The highest BCUT2D eigenvalue weighted by molar-refractivity contribution is 5.97. The molecular formula is C24H29NO3. The van der Waals surface area contributed by atoms with Crippen molar-refractivity contribution in [2.24, 2.45) is 0 Å². The summed E-state index contributed by atoms with van der Waals surface area (Å²) in [5.74, 6) is -0.424. The molecule has 0 fully saturated rings. The van der Waals surface area contributed by atoms with Crippen molar-refractivity contribution in [1.82, 2.24) is 0 Å². The Bertz CT molecular complexity index is 851. The van der Waals surface area contributed by atoms with Crippen molar-refractivity contribution >= 4 is 23.6 Å². The van der Waals surface area contributed by atoms with Gasteiger partial charge in [0, 0.05) is 11.8 Å². The van der Waals surface area contributed by atoms with Crippen LogP contribution in [0.25, 0.3) is 6.08 Å². The first-order chi connectivity index (χ1) is 13.3. The number of hydrogen-bond acceptors (Lipinski definition) is 3. The summed E-state index contributed by atoms with van der Waals surface area (Å²) in [5, 5.41) is 2.89. The minimum Gasteiger partial charge on any atom is -0.449 e. The van der Waals surface area contributed by atoms with Gasteiger partial charge in [-0.1, -0.05) is 63.2 Å². The molecule has 0 saturated heterocycles. The van der Waals surface area contributed by atoms with E-state index in [1.807, 2.05) is 56.3 Å². The number of anilines is 1. The lowest BCUT2D eigenvalue weighted by molar-refractivity contribution is -0.148. The molecule has 0 aliphatic carbocycles. The fourth-order valence-electron chi connectivity index (χ4n) is 2.85. The predicted molar refractivity (Wildman–Crippen MR) is 114 cm³/mol. The van der Waals surface area contributed by atoms with Crippen LogP contribution in [0.3, 0.4) is 0 Å². The van der Waals surface area contributed by atoms with Gasteiger partial charge in [-0.15, -0.1) is 0 Å². The topological polar surface area (TPSA) is 55.4 Å². The SMILES string of the molecule is CCc1cccc(C)c1NC(=O)[C@H](C)OC(=O)/C=C/c1ccc(C(C)C)cc1. The Hall–Kier alpha value is -2.88. The van der Waals surface area contributed by atoms with Crippen molar-refractivity contribution in [3.05, 3.63) is 70.8 Å². The molecule has 2 aromatic carbocycles. The number of ether oxygens (including phenoxy) is 1. The Morgan fingerprint density at radius 3 is 2.36 bits per heavy atom. The molecular weight excluding hydrogens is 350 g/mol. The Morgan fingerprint density at radius 1 is 1.07 bits per heavy atom. The van der Waals surface area contributed by atoms with Gasteiger partial charge in [0.25, 0.3) is 5.91 Å². The van der Waals surface area contributed by atoms with Crippen molar-refractivity contribution in [2.45, 2.75) is 53.1 Å². The fraction of sp³-hybridized carbons (Fsp3) is 0.333. The lowest BCUT2D eigenvalue weighted by Crippen LogP contribution is -2.30. The van der Waals surface area contributed by atoms with Crippen LogP contribution in [-0.4, -0.2) is 18.0 Å². The number of carbonyl (C=O) groups is 2. The lowest BCUT2D eigenvalue weighted by Gasteiger charge is -2.16. The monoisotopic (exact) mass is 379 g/mol. The van der Waals surface area contributed by atoms with Gasteiger partial charge in [0.1, 0.15) is 0 Å². The zero-order chi connectivity index (χ0) is 20.7. The second-order valence-electron chi connectivity index (χ2n) is 7.19. The molecule has 0 spiro atoms. The zero-order valence-electron chi connectivity index (χ0n) is 17.3. The van der Waals surface area contributed by atoms with Crippen molar-refractivity contribution in [2.75, 3.05) is 5.32 Å². The van der Waals surface area contributed by atoms with Crippen LogP contribution < -0.4 is 5.32 Å². The Labute approximate surface area is 167 Å². The number of carbonyl (C=O) groups excluding carboxylic acids is 2. The van der Waals surface area contributed by atoms with Crippen LogP contribution in [-0.2, 0) is 20.7 Å². The summed E-state index contributed by atoms with van der Waals surface area (Å²) in [4.78, 5) is 24.5. The normalized spacial score (nSPS) is 12.2. The van der Waals surface area contributed by atoms with Crippen LogP contribution in [0, 0.1) is 6.92 Å². The van der Waals surface area contributed by atoms with E-state index < -0.39 is 12.1 Å². The quantitative estimate of drug-likeness (QED) is 0.527. The summed E-state index contributed by atoms with van der Waals surface area (Å²) >= 11 is 0. The van der Waals surface area contributed by atoms with Gasteiger partial charge >= 0.3 is 5.97 Å². The first-order valence-corrected chi connectivity index (χ1v) is 9.69. The first-order valence-electron chi connectivity index (χ1n) is 9.69. The molecule has 0 unspecified atom stereocenters. The molecule has 1 N–H and O–H groups in total. The number of aryl methyl sites for hydroxylation is 2. The molecule has 0 aliphatic heterocycles. The van der Waals surface area contributed by atoms with E-state index in [9.17, 15) is 9.59 Å². The van der Waals surface area contributed by atoms with Crippen molar-refractivity contribution in [3.8, 4) is 0 Å². The molecule has 0 bridgehead atoms. The highest BCUT2D eigenvalue weighted by atomic mass is 16.5.